The van der Waals surface area contributed by atoms with Gasteiger partial charge in [0.05, 0.1) is 0 Å². The first-order chi connectivity index (χ1) is 7.79. The minimum Gasteiger partial charge on any atom is -0.326 e. The Bertz CT molecular complexity index is 374. The van der Waals surface area contributed by atoms with Gasteiger partial charge in [0.2, 0.25) is 5.91 Å². The Balaban J connectivity index is 1.95. The summed E-state index contributed by atoms with van der Waals surface area (Å²) in [5.74, 6) is 1.10. The predicted octanol–water partition coefficient (Wildman–Crippen LogP) is 3.21. The first-order valence-corrected chi connectivity index (χ1v) is 6.29. The van der Waals surface area contributed by atoms with E-state index in [9.17, 15) is 4.79 Å². The highest BCUT2D eigenvalue weighted by molar-refractivity contribution is 6.17. The summed E-state index contributed by atoms with van der Waals surface area (Å²) < 4.78 is 0. The molecule has 0 spiro atoms. The van der Waals surface area contributed by atoms with E-state index in [2.05, 4.69) is 11.4 Å². The van der Waals surface area contributed by atoms with Gasteiger partial charge in [-0.1, -0.05) is 12.1 Å². The molecule has 2 nitrogen and oxygen atoms in total. The monoisotopic (exact) mass is 237 g/mol. The summed E-state index contributed by atoms with van der Waals surface area (Å²) >= 11 is 5.66. The number of alkyl halides is 1. The van der Waals surface area contributed by atoms with Crippen LogP contribution in [0.25, 0.3) is 0 Å². The molecule has 0 bridgehead atoms. The van der Waals surface area contributed by atoms with Crippen molar-refractivity contribution in [1.29, 1.82) is 0 Å². The average molecular weight is 238 g/mol. The molecule has 1 aromatic carbocycles. The molecular weight excluding hydrogens is 222 g/mol. The van der Waals surface area contributed by atoms with Gasteiger partial charge in [0.1, 0.15) is 0 Å². The van der Waals surface area contributed by atoms with Crippen molar-refractivity contribution in [2.45, 2.75) is 25.7 Å². The second kappa shape index (κ2) is 5.35. The fourth-order valence-electron chi connectivity index (χ4n) is 1.67. The third kappa shape index (κ3) is 3.24. The Hall–Kier alpha value is -1.02. The van der Waals surface area contributed by atoms with Crippen molar-refractivity contribution in [1.82, 2.24) is 0 Å². The number of anilines is 1. The van der Waals surface area contributed by atoms with Gasteiger partial charge in [-0.15, -0.1) is 11.6 Å². The van der Waals surface area contributed by atoms with Gasteiger partial charge in [0.25, 0.3) is 0 Å². The second-order valence-electron chi connectivity index (χ2n) is 4.26. The van der Waals surface area contributed by atoms with Crippen molar-refractivity contribution < 1.29 is 4.79 Å². The molecule has 1 saturated carbocycles. The van der Waals surface area contributed by atoms with Gasteiger partial charge in [0.15, 0.2) is 0 Å². The molecule has 0 atom stereocenters. The molecule has 2 rings (SSSR count). The molecule has 0 aliphatic heterocycles. The molecule has 1 fully saturated rings. The molecule has 1 aromatic rings. The lowest BCUT2D eigenvalue weighted by Crippen LogP contribution is -2.13. The van der Waals surface area contributed by atoms with Crippen LogP contribution in [0.4, 0.5) is 5.69 Å². The fraction of sp³-hybridized carbons (Fsp3) is 0.462. The van der Waals surface area contributed by atoms with Crippen molar-refractivity contribution in [3.8, 4) is 0 Å². The maximum absolute atomic E-state index is 11.6. The van der Waals surface area contributed by atoms with E-state index in [-0.39, 0.29) is 11.8 Å². The SMILES string of the molecule is O=C(Nc1cccc(CCCCl)c1)C1CC1. The summed E-state index contributed by atoms with van der Waals surface area (Å²) in [6.07, 6.45) is 4.02. The Kier molecular flexibility index (Phi) is 3.83. The molecule has 3 heteroatoms. The Labute approximate surface area is 101 Å². The quantitative estimate of drug-likeness (QED) is 0.783. The number of rotatable bonds is 5. The van der Waals surface area contributed by atoms with E-state index < -0.39 is 0 Å². The topological polar surface area (TPSA) is 29.1 Å². The van der Waals surface area contributed by atoms with Crippen molar-refractivity contribution in [2.24, 2.45) is 5.92 Å². The first-order valence-electron chi connectivity index (χ1n) is 5.75. The average Bonchev–Trinajstić information content (AvgIpc) is 3.10. The van der Waals surface area contributed by atoms with Crippen LogP contribution in [0.2, 0.25) is 0 Å². The summed E-state index contributed by atoms with van der Waals surface area (Å²) in [4.78, 5) is 11.6. The lowest BCUT2D eigenvalue weighted by molar-refractivity contribution is -0.117. The summed E-state index contributed by atoms with van der Waals surface area (Å²) in [5, 5.41) is 2.95. The second-order valence-corrected chi connectivity index (χ2v) is 4.63. The number of hydrogen-bond donors (Lipinski definition) is 1. The van der Waals surface area contributed by atoms with Gasteiger partial charge in [0, 0.05) is 17.5 Å². The number of nitrogens with one attached hydrogen (secondary N) is 1. The van der Waals surface area contributed by atoms with Gasteiger partial charge in [-0.3, -0.25) is 4.79 Å². The van der Waals surface area contributed by atoms with Crippen LogP contribution in [-0.2, 0) is 11.2 Å². The van der Waals surface area contributed by atoms with E-state index in [1.54, 1.807) is 0 Å². The van der Waals surface area contributed by atoms with Crippen LogP contribution >= 0.6 is 11.6 Å². The van der Waals surface area contributed by atoms with E-state index in [1.807, 2.05) is 18.2 Å². The zero-order valence-corrected chi connectivity index (χ0v) is 9.96. The number of carbonyl (C=O) groups excluding carboxylic acids is 1. The highest BCUT2D eigenvalue weighted by atomic mass is 35.5. The molecule has 86 valence electrons. The normalized spacial score (nSPS) is 14.8. The summed E-state index contributed by atoms with van der Waals surface area (Å²) in [5.41, 5.74) is 2.14. The molecule has 1 aliphatic rings. The largest absolute Gasteiger partial charge is 0.326 e. The first kappa shape index (κ1) is 11.5. The van der Waals surface area contributed by atoms with Crippen LogP contribution in [0.15, 0.2) is 24.3 Å². The Morgan fingerprint density at radius 1 is 1.44 bits per heavy atom. The van der Waals surface area contributed by atoms with E-state index in [4.69, 9.17) is 11.6 Å². The van der Waals surface area contributed by atoms with E-state index >= 15 is 0 Å². The molecule has 1 N–H and O–H groups in total. The van der Waals surface area contributed by atoms with Crippen molar-refractivity contribution in [3.05, 3.63) is 29.8 Å². The van der Waals surface area contributed by atoms with Crippen LogP contribution in [0, 0.1) is 5.92 Å². The maximum Gasteiger partial charge on any atom is 0.227 e. The lowest BCUT2D eigenvalue weighted by atomic mass is 10.1. The van der Waals surface area contributed by atoms with Crippen molar-refractivity contribution in [3.63, 3.8) is 0 Å². The number of carbonyl (C=O) groups is 1. The molecule has 0 aromatic heterocycles. The Morgan fingerprint density at radius 2 is 2.25 bits per heavy atom. The molecule has 16 heavy (non-hydrogen) atoms. The highest BCUT2D eigenvalue weighted by Gasteiger charge is 2.29. The lowest BCUT2D eigenvalue weighted by Gasteiger charge is -2.06. The van der Waals surface area contributed by atoms with Crippen LogP contribution in [0.3, 0.4) is 0 Å². The smallest absolute Gasteiger partial charge is 0.227 e. The summed E-state index contributed by atoms with van der Waals surface area (Å²) in [6.45, 7) is 0. The molecular formula is C13H16ClNO. The minimum absolute atomic E-state index is 0.162. The minimum atomic E-state index is 0.162. The van der Waals surface area contributed by atoms with Crippen molar-refractivity contribution >= 4 is 23.2 Å². The molecule has 0 unspecified atom stereocenters. The van der Waals surface area contributed by atoms with Gasteiger partial charge in [-0.25, -0.2) is 0 Å². The van der Waals surface area contributed by atoms with Crippen LogP contribution in [-0.4, -0.2) is 11.8 Å². The molecule has 1 aliphatic carbocycles. The van der Waals surface area contributed by atoms with Gasteiger partial charge >= 0.3 is 0 Å². The number of halogens is 1. The standard InChI is InChI=1S/C13H16ClNO/c14-8-2-4-10-3-1-5-12(9-10)15-13(16)11-6-7-11/h1,3,5,9,11H,2,4,6-8H2,(H,15,16). The third-order valence-electron chi connectivity index (χ3n) is 2.74. The number of amides is 1. The van der Waals surface area contributed by atoms with Crippen LogP contribution in [0.1, 0.15) is 24.8 Å². The van der Waals surface area contributed by atoms with Crippen molar-refractivity contribution in [2.75, 3.05) is 11.2 Å². The van der Waals surface area contributed by atoms with Gasteiger partial charge in [-0.2, -0.15) is 0 Å². The van der Waals surface area contributed by atoms with E-state index in [0.717, 1.165) is 31.4 Å². The van der Waals surface area contributed by atoms with Crippen LogP contribution < -0.4 is 5.32 Å². The summed E-state index contributed by atoms with van der Waals surface area (Å²) in [6, 6.07) is 8.02. The van der Waals surface area contributed by atoms with Crippen LogP contribution in [0.5, 0.6) is 0 Å². The fourth-order valence-corrected chi connectivity index (χ4v) is 1.80. The van der Waals surface area contributed by atoms with Gasteiger partial charge in [-0.05, 0) is 43.4 Å². The Morgan fingerprint density at radius 3 is 2.94 bits per heavy atom. The number of aryl methyl sites for hydroxylation is 1. The zero-order valence-electron chi connectivity index (χ0n) is 9.21. The molecule has 0 saturated heterocycles. The van der Waals surface area contributed by atoms with E-state index in [0.29, 0.717) is 5.88 Å². The predicted molar refractivity (Wildman–Crippen MR) is 66.8 cm³/mol. The molecule has 0 radical (unpaired) electrons. The highest BCUT2D eigenvalue weighted by Crippen LogP contribution is 2.30. The number of hydrogen-bond acceptors (Lipinski definition) is 1. The number of benzene rings is 1. The third-order valence-corrected chi connectivity index (χ3v) is 3.01. The zero-order chi connectivity index (χ0) is 11.4. The summed E-state index contributed by atoms with van der Waals surface area (Å²) in [7, 11) is 0. The maximum atomic E-state index is 11.6. The molecule has 0 heterocycles. The van der Waals surface area contributed by atoms with E-state index in [1.165, 1.54) is 5.56 Å². The molecule has 1 amide bonds. The van der Waals surface area contributed by atoms with Gasteiger partial charge < -0.3 is 5.32 Å².